The van der Waals surface area contributed by atoms with Crippen LogP contribution in [0.5, 0.6) is 0 Å². The molecular weight excluding hydrogens is 461 g/mol. The molecule has 5 rings (SSSR count). The number of aryl methyl sites for hydroxylation is 3. The van der Waals surface area contributed by atoms with Crippen LogP contribution in [-0.4, -0.2) is 31.2 Å². The molecule has 3 heterocycles. The number of hydrogen-bond donors (Lipinski definition) is 2. The monoisotopic (exact) mass is 483 g/mol. The Labute approximate surface area is 197 Å². The molecule has 33 heavy (non-hydrogen) atoms. The van der Waals surface area contributed by atoms with Crippen molar-refractivity contribution in [3.05, 3.63) is 74.4 Å². The third-order valence-corrected chi connectivity index (χ3v) is 7.81. The lowest BCUT2D eigenvalue weighted by Gasteiger charge is -2.09. The lowest BCUT2D eigenvalue weighted by Crippen LogP contribution is -2.24. The van der Waals surface area contributed by atoms with Crippen molar-refractivity contribution in [2.75, 3.05) is 5.75 Å². The molecule has 0 unspecified atom stereocenters. The predicted octanol–water partition coefficient (Wildman–Crippen LogP) is 3.66. The Kier molecular flexibility index (Phi) is 6.03. The summed E-state index contributed by atoms with van der Waals surface area (Å²) in [5.74, 6) is 1.41. The Morgan fingerprint density at radius 1 is 1.36 bits per heavy atom. The van der Waals surface area contributed by atoms with E-state index in [2.05, 4.69) is 20.3 Å². The fourth-order valence-electron chi connectivity index (χ4n) is 4.10. The molecule has 0 spiro atoms. The molecule has 10 heteroatoms. The molecule has 1 aliphatic carbocycles. The van der Waals surface area contributed by atoms with Crippen molar-refractivity contribution in [1.29, 1.82) is 0 Å². The first-order chi connectivity index (χ1) is 16.0. The van der Waals surface area contributed by atoms with Gasteiger partial charge in [-0.15, -0.1) is 23.1 Å². The van der Waals surface area contributed by atoms with Gasteiger partial charge in [-0.3, -0.25) is 9.59 Å². The molecule has 1 aliphatic rings. The van der Waals surface area contributed by atoms with Gasteiger partial charge in [-0.25, -0.2) is 14.4 Å². The fraction of sp³-hybridized carbons (Fsp3) is 0.304. The van der Waals surface area contributed by atoms with Crippen LogP contribution in [0.2, 0.25) is 0 Å². The van der Waals surface area contributed by atoms with E-state index in [4.69, 9.17) is 0 Å². The average molecular weight is 484 g/mol. The van der Waals surface area contributed by atoms with Crippen molar-refractivity contribution in [2.45, 2.75) is 38.5 Å². The van der Waals surface area contributed by atoms with Gasteiger partial charge in [-0.05, 0) is 49.4 Å². The van der Waals surface area contributed by atoms with Crippen molar-refractivity contribution >= 4 is 39.2 Å². The summed E-state index contributed by atoms with van der Waals surface area (Å²) in [6.07, 6.45) is 6.40. The third kappa shape index (κ3) is 4.45. The van der Waals surface area contributed by atoms with E-state index in [1.165, 1.54) is 22.7 Å². The van der Waals surface area contributed by atoms with Gasteiger partial charge in [0.1, 0.15) is 22.3 Å². The second-order valence-electron chi connectivity index (χ2n) is 7.95. The number of rotatable bonds is 7. The Hall–Kier alpha value is -2.98. The standard InChI is InChI=1S/C23H22FN5O2S2/c1-13-25-7-8-29(13)17-6-5-14(9-16(17)24)10-26-20(30)12-32-11-19-27-22(31)21-15-3-2-4-18(15)33-23(21)28-19/h5-9H,2-4,10-12H2,1H3,(H,26,30)(H,27,28,31). The molecule has 0 saturated heterocycles. The molecule has 3 aromatic heterocycles. The minimum Gasteiger partial charge on any atom is -0.351 e. The van der Waals surface area contributed by atoms with Crippen molar-refractivity contribution in [3.8, 4) is 5.69 Å². The highest BCUT2D eigenvalue weighted by atomic mass is 32.2. The van der Waals surface area contributed by atoms with Crippen LogP contribution in [0.25, 0.3) is 15.9 Å². The highest BCUT2D eigenvalue weighted by Crippen LogP contribution is 2.34. The number of H-pyrrole nitrogens is 1. The Morgan fingerprint density at radius 3 is 3.03 bits per heavy atom. The van der Waals surface area contributed by atoms with E-state index in [9.17, 15) is 14.0 Å². The van der Waals surface area contributed by atoms with Crippen LogP contribution in [0.1, 0.15) is 34.1 Å². The number of fused-ring (bicyclic) bond motifs is 3. The molecule has 0 bridgehead atoms. The number of carbonyl (C=O) groups excluding carboxylic acids is 1. The number of nitrogens with zero attached hydrogens (tertiary/aromatic N) is 3. The number of benzene rings is 1. The van der Waals surface area contributed by atoms with Gasteiger partial charge < -0.3 is 14.9 Å². The number of nitrogens with one attached hydrogen (secondary N) is 2. The van der Waals surface area contributed by atoms with Crippen LogP contribution in [0.15, 0.2) is 35.4 Å². The molecule has 0 atom stereocenters. The Morgan fingerprint density at radius 2 is 2.24 bits per heavy atom. The quantitative estimate of drug-likeness (QED) is 0.419. The van der Waals surface area contributed by atoms with Crippen LogP contribution < -0.4 is 10.9 Å². The molecule has 2 N–H and O–H groups in total. The summed E-state index contributed by atoms with van der Waals surface area (Å²) < 4.78 is 16.2. The molecular formula is C23H22FN5O2S2. The first-order valence-corrected chi connectivity index (χ1v) is 12.6. The lowest BCUT2D eigenvalue weighted by molar-refractivity contribution is -0.118. The van der Waals surface area contributed by atoms with Gasteiger partial charge in [0.2, 0.25) is 5.91 Å². The van der Waals surface area contributed by atoms with Gasteiger partial charge in [0.25, 0.3) is 5.56 Å². The van der Waals surface area contributed by atoms with Crippen LogP contribution in [0.4, 0.5) is 4.39 Å². The highest BCUT2D eigenvalue weighted by molar-refractivity contribution is 7.99. The van der Waals surface area contributed by atoms with Gasteiger partial charge in [0.15, 0.2) is 0 Å². The molecule has 0 fully saturated rings. The lowest BCUT2D eigenvalue weighted by atomic mass is 10.2. The van der Waals surface area contributed by atoms with Crippen LogP contribution in [0.3, 0.4) is 0 Å². The second-order valence-corrected chi connectivity index (χ2v) is 10.0. The summed E-state index contributed by atoms with van der Waals surface area (Å²) in [5.41, 5.74) is 2.17. The maximum Gasteiger partial charge on any atom is 0.259 e. The zero-order chi connectivity index (χ0) is 22.9. The third-order valence-electron chi connectivity index (χ3n) is 5.68. The van der Waals surface area contributed by atoms with Crippen molar-refractivity contribution in [2.24, 2.45) is 0 Å². The average Bonchev–Trinajstić information content (AvgIpc) is 3.48. The number of hydrogen-bond acceptors (Lipinski definition) is 6. The number of halogens is 1. The van der Waals surface area contributed by atoms with Gasteiger partial charge in [-0.1, -0.05) is 6.07 Å². The van der Waals surface area contributed by atoms with E-state index in [-0.39, 0.29) is 29.6 Å². The van der Waals surface area contributed by atoms with E-state index < -0.39 is 0 Å². The number of aromatic nitrogens is 4. The van der Waals surface area contributed by atoms with E-state index in [1.54, 1.807) is 47.4 Å². The van der Waals surface area contributed by atoms with E-state index >= 15 is 0 Å². The zero-order valence-electron chi connectivity index (χ0n) is 18.0. The first-order valence-electron chi connectivity index (χ1n) is 10.7. The van der Waals surface area contributed by atoms with Crippen molar-refractivity contribution < 1.29 is 9.18 Å². The van der Waals surface area contributed by atoms with Crippen molar-refractivity contribution in [3.63, 3.8) is 0 Å². The largest absolute Gasteiger partial charge is 0.351 e. The molecule has 1 aromatic carbocycles. The molecule has 0 saturated carbocycles. The summed E-state index contributed by atoms with van der Waals surface area (Å²) in [6, 6.07) is 4.89. The molecule has 0 aliphatic heterocycles. The van der Waals surface area contributed by atoms with Gasteiger partial charge in [0.05, 0.1) is 22.6 Å². The van der Waals surface area contributed by atoms with Gasteiger partial charge in [0, 0.05) is 23.8 Å². The number of aromatic amines is 1. The summed E-state index contributed by atoms with van der Waals surface area (Å²) in [7, 11) is 0. The smallest absolute Gasteiger partial charge is 0.259 e. The van der Waals surface area contributed by atoms with Gasteiger partial charge >= 0.3 is 0 Å². The zero-order valence-corrected chi connectivity index (χ0v) is 19.6. The number of carbonyl (C=O) groups is 1. The molecule has 1 amide bonds. The molecule has 7 nitrogen and oxygen atoms in total. The molecule has 0 radical (unpaired) electrons. The molecule has 170 valence electrons. The number of thioether (sulfide) groups is 1. The van der Waals surface area contributed by atoms with Crippen LogP contribution in [0, 0.1) is 12.7 Å². The Bertz CT molecular complexity index is 1410. The first kappa shape index (κ1) is 21.8. The fourth-order valence-corrected chi connectivity index (χ4v) is 6.10. The normalized spacial score (nSPS) is 12.9. The number of amides is 1. The van der Waals surface area contributed by atoms with Gasteiger partial charge in [-0.2, -0.15) is 0 Å². The SMILES string of the molecule is Cc1nccn1-c1ccc(CNC(=O)CSCc2nc3sc4c(c3c(=O)[nH]2)CCC4)cc1F. The summed E-state index contributed by atoms with van der Waals surface area (Å²) in [6.45, 7) is 2.04. The number of imidazole rings is 1. The number of thiophene rings is 1. The maximum absolute atomic E-state index is 14.5. The summed E-state index contributed by atoms with van der Waals surface area (Å²) >= 11 is 2.99. The topological polar surface area (TPSA) is 92.7 Å². The summed E-state index contributed by atoms with van der Waals surface area (Å²) in [4.78, 5) is 38.4. The van der Waals surface area contributed by atoms with E-state index in [0.29, 0.717) is 28.7 Å². The van der Waals surface area contributed by atoms with E-state index in [1.807, 2.05) is 0 Å². The predicted molar refractivity (Wildman–Crippen MR) is 129 cm³/mol. The van der Waals surface area contributed by atoms with Crippen molar-refractivity contribution in [1.82, 2.24) is 24.8 Å². The minimum absolute atomic E-state index is 0.0872. The maximum atomic E-state index is 14.5. The van der Waals surface area contributed by atoms with Crippen LogP contribution >= 0.6 is 23.1 Å². The second kappa shape index (κ2) is 9.11. The summed E-state index contributed by atoms with van der Waals surface area (Å²) in [5, 5.41) is 3.55. The minimum atomic E-state index is -0.373. The highest BCUT2D eigenvalue weighted by Gasteiger charge is 2.21. The molecule has 4 aromatic rings. The van der Waals surface area contributed by atoms with E-state index in [0.717, 1.165) is 35.0 Å². The Balaban J connectivity index is 1.14. The van der Waals surface area contributed by atoms with Crippen LogP contribution in [-0.2, 0) is 29.9 Å².